The monoisotopic (exact) mass is 370 g/mol. The zero-order valence-electron chi connectivity index (χ0n) is 13.7. The van der Waals surface area contributed by atoms with Crippen LogP contribution in [-0.4, -0.2) is 27.4 Å². The molecule has 26 heavy (non-hydrogen) atoms. The number of rotatable bonds is 6. The van der Waals surface area contributed by atoms with Crippen molar-refractivity contribution >= 4 is 28.2 Å². The molecule has 0 atom stereocenters. The van der Waals surface area contributed by atoms with Crippen LogP contribution in [0.15, 0.2) is 48.0 Å². The third kappa shape index (κ3) is 4.19. The Balaban J connectivity index is 1.61. The number of hydrogen-bond donors (Lipinski definition) is 1. The van der Waals surface area contributed by atoms with Crippen LogP contribution in [-0.2, 0) is 4.79 Å². The number of carbonyl (C=O) groups is 1. The molecule has 0 bridgehead atoms. The zero-order valence-corrected chi connectivity index (χ0v) is 14.5. The molecule has 0 radical (unpaired) electrons. The number of ether oxygens (including phenoxy) is 1. The van der Waals surface area contributed by atoms with Gasteiger partial charge in [0, 0.05) is 10.9 Å². The second-order valence-corrected chi connectivity index (χ2v) is 6.18. The van der Waals surface area contributed by atoms with E-state index in [1.165, 1.54) is 29.7 Å². The second-order valence-electron chi connectivity index (χ2n) is 5.32. The maximum Gasteiger partial charge on any atom is 0.406 e. The molecule has 1 N–H and O–H groups in total. The van der Waals surface area contributed by atoms with E-state index in [-0.39, 0.29) is 12.4 Å². The fourth-order valence-corrected chi connectivity index (χ4v) is 2.85. The minimum Gasteiger partial charge on any atom is -0.476 e. The number of anilines is 1. The summed E-state index contributed by atoms with van der Waals surface area (Å²) in [5.74, 6) is -0.962. The summed E-state index contributed by atoms with van der Waals surface area (Å²) in [7, 11) is 0. The topological polar surface area (TPSA) is 107 Å². The molecule has 2 heterocycles. The van der Waals surface area contributed by atoms with Gasteiger partial charge in [0.15, 0.2) is 11.7 Å². The molecule has 0 aliphatic rings. The van der Waals surface area contributed by atoms with Gasteiger partial charge in [-0.15, -0.1) is 11.3 Å². The van der Waals surface area contributed by atoms with E-state index in [2.05, 4.69) is 15.3 Å². The van der Waals surface area contributed by atoms with E-state index >= 15 is 0 Å². The molecule has 0 saturated carbocycles. The van der Waals surface area contributed by atoms with Gasteiger partial charge in [-0.3, -0.25) is 10.1 Å². The van der Waals surface area contributed by atoms with Gasteiger partial charge in [0.1, 0.15) is 6.20 Å². The second kappa shape index (κ2) is 7.70. The number of aryl methyl sites for hydroxylation is 1. The first kappa shape index (κ1) is 17.5. The minimum absolute atomic E-state index is 0.0628. The molecule has 0 unspecified atom stereocenters. The molecule has 3 aromatic rings. The first-order chi connectivity index (χ1) is 12.5. The summed E-state index contributed by atoms with van der Waals surface area (Å²) in [6.07, 6.45) is 1.28. The van der Waals surface area contributed by atoms with Crippen LogP contribution in [0.25, 0.3) is 11.3 Å². The lowest BCUT2D eigenvalue weighted by atomic mass is 10.1. The Morgan fingerprint density at radius 1 is 1.31 bits per heavy atom. The highest BCUT2D eigenvalue weighted by Gasteiger charge is 2.17. The fourth-order valence-electron chi connectivity index (χ4n) is 2.12. The normalized spacial score (nSPS) is 10.3. The Morgan fingerprint density at radius 3 is 2.81 bits per heavy atom. The molecule has 9 heteroatoms. The summed E-state index contributed by atoms with van der Waals surface area (Å²) in [4.78, 5) is 30.2. The molecular weight excluding hydrogens is 356 g/mol. The summed E-state index contributed by atoms with van der Waals surface area (Å²) >= 11 is 1.29. The SMILES string of the molecule is Cc1ccc(-c2csc(NC(=O)COc3cccnc3[N+](=O)[O-])n2)cc1. The predicted octanol–water partition coefficient (Wildman–Crippen LogP) is 3.44. The minimum atomic E-state index is -0.665. The largest absolute Gasteiger partial charge is 0.476 e. The predicted molar refractivity (Wildman–Crippen MR) is 97.3 cm³/mol. The maximum absolute atomic E-state index is 12.0. The number of thiazole rings is 1. The van der Waals surface area contributed by atoms with E-state index < -0.39 is 16.6 Å². The molecule has 0 fully saturated rings. The van der Waals surface area contributed by atoms with E-state index in [4.69, 9.17) is 4.74 Å². The molecule has 0 aliphatic heterocycles. The summed E-state index contributed by atoms with van der Waals surface area (Å²) < 4.78 is 5.20. The number of benzene rings is 1. The molecule has 1 aromatic carbocycles. The molecular formula is C17H14N4O4S. The Kier molecular flexibility index (Phi) is 5.18. The molecule has 0 aliphatic carbocycles. The lowest BCUT2D eigenvalue weighted by Crippen LogP contribution is -2.20. The van der Waals surface area contributed by atoms with E-state index in [1.807, 2.05) is 36.6 Å². The first-order valence-electron chi connectivity index (χ1n) is 7.57. The third-order valence-electron chi connectivity index (χ3n) is 3.38. The van der Waals surface area contributed by atoms with Gasteiger partial charge in [-0.05, 0) is 29.0 Å². The van der Waals surface area contributed by atoms with Crippen LogP contribution in [0.3, 0.4) is 0 Å². The van der Waals surface area contributed by atoms with Gasteiger partial charge < -0.3 is 14.9 Å². The highest BCUT2D eigenvalue weighted by molar-refractivity contribution is 7.14. The van der Waals surface area contributed by atoms with Crippen LogP contribution in [0, 0.1) is 17.0 Å². The Bertz CT molecular complexity index is 940. The Labute approximate surface area is 152 Å². The van der Waals surface area contributed by atoms with E-state index in [0.29, 0.717) is 5.13 Å². The molecule has 3 rings (SSSR count). The van der Waals surface area contributed by atoms with Crippen molar-refractivity contribution in [3.8, 4) is 17.0 Å². The van der Waals surface area contributed by atoms with Crippen LogP contribution in [0.2, 0.25) is 0 Å². The van der Waals surface area contributed by atoms with Crippen LogP contribution < -0.4 is 10.1 Å². The van der Waals surface area contributed by atoms with Crippen molar-refractivity contribution in [2.45, 2.75) is 6.92 Å². The van der Waals surface area contributed by atoms with Gasteiger partial charge in [0.05, 0.1) is 5.69 Å². The van der Waals surface area contributed by atoms with Crippen molar-refractivity contribution in [1.82, 2.24) is 9.97 Å². The van der Waals surface area contributed by atoms with Crippen molar-refractivity contribution in [3.05, 3.63) is 63.7 Å². The summed E-state index contributed by atoms with van der Waals surface area (Å²) in [5, 5.41) is 15.8. The van der Waals surface area contributed by atoms with Crippen LogP contribution in [0.4, 0.5) is 10.9 Å². The molecule has 0 spiro atoms. The summed E-state index contributed by atoms with van der Waals surface area (Å²) in [6, 6.07) is 10.8. The summed E-state index contributed by atoms with van der Waals surface area (Å²) in [6.45, 7) is 1.62. The fraction of sp³-hybridized carbons (Fsp3) is 0.118. The smallest absolute Gasteiger partial charge is 0.406 e. The van der Waals surface area contributed by atoms with Crippen molar-refractivity contribution < 1.29 is 14.5 Å². The number of amides is 1. The van der Waals surface area contributed by atoms with Gasteiger partial charge in [0.25, 0.3) is 5.91 Å². The van der Waals surface area contributed by atoms with E-state index in [9.17, 15) is 14.9 Å². The first-order valence-corrected chi connectivity index (χ1v) is 8.45. The number of nitrogens with one attached hydrogen (secondary N) is 1. The maximum atomic E-state index is 12.0. The average molecular weight is 370 g/mol. The number of carbonyl (C=O) groups excluding carboxylic acids is 1. The number of nitro groups is 1. The molecule has 0 saturated heterocycles. The summed E-state index contributed by atoms with van der Waals surface area (Å²) in [5.41, 5.74) is 2.86. The van der Waals surface area contributed by atoms with Gasteiger partial charge in [-0.25, -0.2) is 4.98 Å². The van der Waals surface area contributed by atoms with Gasteiger partial charge in [-0.2, -0.15) is 0 Å². The van der Waals surface area contributed by atoms with Crippen molar-refractivity contribution in [2.24, 2.45) is 0 Å². The van der Waals surface area contributed by atoms with Gasteiger partial charge in [-0.1, -0.05) is 29.8 Å². The average Bonchev–Trinajstić information content (AvgIpc) is 3.09. The molecule has 132 valence electrons. The lowest BCUT2D eigenvalue weighted by Gasteiger charge is -2.05. The molecule has 8 nitrogen and oxygen atoms in total. The Hall–Kier alpha value is -3.33. The number of hydrogen-bond acceptors (Lipinski definition) is 7. The zero-order chi connectivity index (χ0) is 18.5. The van der Waals surface area contributed by atoms with Crippen molar-refractivity contribution in [1.29, 1.82) is 0 Å². The number of aromatic nitrogens is 2. The molecule has 2 aromatic heterocycles. The third-order valence-corrected chi connectivity index (χ3v) is 4.14. The van der Waals surface area contributed by atoms with Crippen LogP contribution in [0.5, 0.6) is 5.75 Å². The Morgan fingerprint density at radius 2 is 2.08 bits per heavy atom. The highest BCUT2D eigenvalue weighted by Crippen LogP contribution is 2.25. The lowest BCUT2D eigenvalue weighted by molar-refractivity contribution is -0.390. The van der Waals surface area contributed by atoms with Crippen molar-refractivity contribution in [3.63, 3.8) is 0 Å². The van der Waals surface area contributed by atoms with Crippen LogP contribution >= 0.6 is 11.3 Å². The van der Waals surface area contributed by atoms with Crippen LogP contribution in [0.1, 0.15) is 5.56 Å². The number of nitrogens with zero attached hydrogens (tertiary/aromatic N) is 3. The van der Waals surface area contributed by atoms with E-state index in [0.717, 1.165) is 16.8 Å². The van der Waals surface area contributed by atoms with Crippen molar-refractivity contribution in [2.75, 3.05) is 11.9 Å². The quantitative estimate of drug-likeness (QED) is 0.526. The standard InChI is InChI=1S/C17H14N4O4S/c1-11-4-6-12(7-5-11)13-10-26-17(19-13)20-15(22)9-25-14-3-2-8-18-16(14)21(23)24/h2-8,10H,9H2,1H3,(H,19,20,22). The molecule has 1 amide bonds. The van der Waals surface area contributed by atoms with Gasteiger partial charge >= 0.3 is 5.82 Å². The van der Waals surface area contributed by atoms with E-state index in [1.54, 1.807) is 0 Å². The van der Waals surface area contributed by atoms with Gasteiger partial charge in [0.2, 0.25) is 5.75 Å². The highest BCUT2D eigenvalue weighted by atomic mass is 32.1. The number of pyridine rings is 1.